The minimum Gasteiger partial charge on any atom is -0.489 e. The second kappa shape index (κ2) is 8.63. The molecular formula is C19H21ClFNO3. The summed E-state index contributed by atoms with van der Waals surface area (Å²) in [7, 11) is 0. The maximum Gasteiger partial charge on any atom is 0.131 e. The smallest absolute Gasteiger partial charge is 0.131 e. The van der Waals surface area contributed by atoms with E-state index in [9.17, 15) is 9.50 Å². The summed E-state index contributed by atoms with van der Waals surface area (Å²) < 4.78 is 24.9. The summed E-state index contributed by atoms with van der Waals surface area (Å²) in [4.78, 5) is 2.19. The van der Waals surface area contributed by atoms with Gasteiger partial charge in [0.15, 0.2) is 0 Å². The van der Waals surface area contributed by atoms with Crippen molar-refractivity contribution in [2.45, 2.75) is 19.2 Å². The van der Waals surface area contributed by atoms with Crippen LogP contribution in [0.4, 0.5) is 4.39 Å². The molecule has 6 heteroatoms. The second-order valence-corrected chi connectivity index (χ2v) is 6.43. The lowest BCUT2D eigenvalue weighted by Crippen LogP contribution is -2.46. The molecule has 3 rings (SSSR count). The topological polar surface area (TPSA) is 41.9 Å². The lowest BCUT2D eigenvalue weighted by atomic mass is 10.1. The molecule has 25 heavy (non-hydrogen) atoms. The van der Waals surface area contributed by atoms with Gasteiger partial charge in [0.05, 0.1) is 30.9 Å². The molecule has 1 atom stereocenters. The number of hydrogen-bond donors (Lipinski definition) is 1. The number of halogens is 2. The number of benzene rings is 2. The zero-order valence-corrected chi connectivity index (χ0v) is 14.6. The average Bonchev–Trinajstić information content (AvgIpc) is 2.62. The van der Waals surface area contributed by atoms with Crippen LogP contribution < -0.4 is 4.74 Å². The minimum atomic E-state index is -0.372. The first-order valence-electron chi connectivity index (χ1n) is 8.24. The number of morpholine rings is 1. The van der Waals surface area contributed by atoms with Crippen LogP contribution in [0.3, 0.4) is 0 Å². The largest absolute Gasteiger partial charge is 0.489 e. The highest BCUT2D eigenvalue weighted by Gasteiger charge is 2.22. The molecule has 1 aliphatic heterocycles. The Balaban J connectivity index is 1.65. The highest BCUT2D eigenvalue weighted by atomic mass is 35.5. The molecule has 0 aliphatic carbocycles. The zero-order chi connectivity index (χ0) is 17.6. The average molecular weight is 366 g/mol. The minimum absolute atomic E-state index is 0.00976. The van der Waals surface area contributed by atoms with Crippen molar-refractivity contribution in [3.8, 4) is 5.75 Å². The van der Waals surface area contributed by atoms with Gasteiger partial charge >= 0.3 is 0 Å². The molecule has 1 aliphatic rings. The highest BCUT2D eigenvalue weighted by molar-refractivity contribution is 6.31. The molecule has 4 nitrogen and oxygen atoms in total. The molecule has 0 unspecified atom stereocenters. The Morgan fingerprint density at radius 3 is 2.92 bits per heavy atom. The van der Waals surface area contributed by atoms with Crippen molar-refractivity contribution in [3.05, 3.63) is 64.4 Å². The zero-order valence-electron chi connectivity index (χ0n) is 13.8. The van der Waals surface area contributed by atoms with E-state index in [0.717, 1.165) is 12.1 Å². The van der Waals surface area contributed by atoms with Crippen LogP contribution in [0.1, 0.15) is 11.1 Å². The summed E-state index contributed by atoms with van der Waals surface area (Å²) in [5.74, 6) is 0.286. The maximum absolute atomic E-state index is 13.8. The van der Waals surface area contributed by atoms with Gasteiger partial charge in [-0.3, -0.25) is 4.90 Å². The van der Waals surface area contributed by atoms with Crippen molar-refractivity contribution >= 4 is 11.6 Å². The van der Waals surface area contributed by atoms with Crippen molar-refractivity contribution in [3.63, 3.8) is 0 Å². The van der Waals surface area contributed by atoms with Crippen molar-refractivity contribution in [2.24, 2.45) is 0 Å². The van der Waals surface area contributed by atoms with Crippen LogP contribution in [-0.4, -0.2) is 42.4 Å². The van der Waals surface area contributed by atoms with E-state index in [1.807, 2.05) is 24.3 Å². The van der Waals surface area contributed by atoms with Gasteiger partial charge in [-0.2, -0.15) is 0 Å². The SMILES string of the molecule is OC[C@@H]1COCCN1Cc1cccc(OCc2c(F)cccc2Cl)c1. The fourth-order valence-electron chi connectivity index (χ4n) is 2.86. The molecule has 1 heterocycles. The van der Waals surface area contributed by atoms with Gasteiger partial charge in [-0.25, -0.2) is 4.39 Å². The lowest BCUT2D eigenvalue weighted by molar-refractivity contribution is -0.0312. The molecule has 0 saturated carbocycles. The van der Waals surface area contributed by atoms with Crippen LogP contribution in [0.2, 0.25) is 5.02 Å². The predicted octanol–water partition coefficient (Wildman–Crippen LogP) is 3.25. The highest BCUT2D eigenvalue weighted by Crippen LogP contribution is 2.23. The molecular weight excluding hydrogens is 345 g/mol. The van der Waals surface area contributed by atoms with Crippen LogP contribution in [0, 0.1) is 5.82 Å². The molecule has 1 fully saturated rings. The van der Waals surface area contributed by atoms with Gasteiger partial charge in [0, 0.05) is 18.7 Å². The fraction of sp³-hybridized carbons (Fsp3) is 0.368. The van der Waals surface area contributed by atoms with Crippen LogP contribution in [-0.2, 0) is 17.9 Å². The molecule has 0 aromatic heterocycles. The lowest BCUT2D eigenvalue weighted by Gasteiger charge is -2.34. The number of hydrogen-bond acceptors (Lipinski definition) is 4. The van der Waals surface area contributed by atoms with Gasteiger partial charge in [-0.05, 0) is 29.8 Å². The van der Waals surface area contributed by atoms with E-state index in [4.69, 9.17) is 21.1 Å². The molecule has 1 N–H and O–H groups in total. The van der Waals surface area contributed by atoms with Gasteiger partial charge in [0.25, 0.3) is 0 Å². The number of aliphatic hydroxyl groups is 1. The van der Waals surface area contributed by atoms with Crippen LogP contribution in [0.5, 0.6) is 5.75 Å². The number of aliphatic hydroxyl groups excluding tert-OH is 1. The summed E-state index contributed by atoms with van der Waals surface area (Å²) >= 11 is 6.03. The van der Waals surface area contributed by atoms with Crippen molar-refractivity contribution < 1.29 is 19.0 Å². The Kier molecular flexibility index (Phi) is 6.26. The summed E-state index contributed by atoms with van der Waals surface area (Å²) in [5.41, 5.74) is 1.42. The van der Waals surface area contributed by atoms with Crippen molar-refractivity contribution in [1.82, 2.24) is 4.90 Å². The molecule has 2 aromatic carbocycles. The Morgan fingerprint density at radius 1 is 1.28 bits per heavy atom. The van der Waals surface area contributed by atoms with E-state index in [1.165, 1.54) is 6.07 Å². The summed E-state index contributed by atoms with van der Waals surface area (Å²) in [5, 5.41) is 9.82. The molecule has 0 spiro atoms. The van der Waals surface area contributed by atoms with Gasteiger partial charge < -0.3 is 14.6 Å². The Hall–Kier alpha value is -1.66. The quantitative estimate of drug-likeness (QED) is 0.853. The van der Waals surface area contributed by atoms with E-state index in [1.54, 1.807) is 12.1 Å². The van der Waals surface area contributed by atoms with E-state index < -0.39 is 0 Å². The monoisotopic (exact) mass is 365 g/mol. The summed E-state index contributed by atoms with van der Waals surface area (Å²) in [6, 6.07) is 12.3. The van der Waals surface area contributed by atoms with Gasteiger partial charge in [0.1, 0.15) is 18.2 Å². The normalized spacial score (nSPS) is 18.3. The third-order valence-electron chi connectivity index (χ3n) is 4.29. The summed E-state index contributed by atoms with van der Waals surface area (Å²) in [6.07, 6.45) is 0. The van der Waals surface area contributed by atoms with E-state index in [0.29, 0.717) is 36.1 Å². The number of rotatable bonds is 6. The third-order valence-corrected chi connectivity index (χ3v) is 4.64. The van der Waals surface area contributed by atoms with Crippen molar-refractivity contribution in [1.29, 1.82) is 0 Å². The predicted molar refractivity (Wildman–Crippen MR) is 94.3 cm³/mol. The van der Waals surface area contributed by atoms with Crippen LogP contribution in [0.25, 0.3) is 0 Å². The first-order valence-corrected chi connectivity index (χ1v) is 8.62. The van der Waals surface area contributed by atoms with Gasteiger partial charge in [-0.15, -0.1) is 0 Å². The fourth-order valence-corrected chi connectivity index (χ4v) is 3.08. The van der Waals surface area contributed by atoms with E-state index in [-0.39, 0.29) is 25.1 Å². The van der Waals surface area contributed by atoms with Crippen LogP contribution >= 0.6 is 11.6 Å². The van der Waals surface area contributed by atoms with E-state index in [2.05, 4.69) is 4.90 Å². The molecule has 0 radical (unpaired) electrons. The molecule has 0 bridgehead atoms. The third kappa shape index (κ3) is 4.70. The molecule has 2 aromatic rings. The van der Waals surface area contributed by atoms with Crippen LogP contribution in [0.15, 0.2) is 42.5 Å². The summed E-state index contributed by atoms with van der Waals surface area (Å²) in [6.45, 7) is 2.83. The van der Waals surface area contributed by atoms with E-state index >= 15 is 0 Å². The molecule has 134 valence electrons. The molecule has 1 saturated heterocycles. The maximum atomic E-state index is 13.8. The Morgan fingerprint density at radius 2 is 2.12 bits per heavy atom. The van der Waals surface area contributed by atoms with Gasteiger partial charge in [0.2, 0.25) is 0 Å². The number of nitrogens with zero attached hydrogens (tertiary/aromatic N) is 1. The van der Waals surface area contributed by atoms with Gasteiger partial charge in [-0.1, -0.05) is 29.8 Å². The number of ether oxygens (including phenoxy) is 2. The molecule has 0 amide bonds. The second-order valence-electron chi connectivity index (χ2n) is 6.02. The van der Waals surface area contributed by atoms with Crippen molar-refractivity contribution in [2.75, 3.05) is 26.4 Å². The first-order chi connectivity index (χ1) is 12.2. The standard InChI is InChI=1S/C19H21ClFNO3/c20-18-5-2-6-19(21)17(18)13-25-16-4-1-3-14(9-16)10-22-7-8-24-12-15(22)11-23/h1-6,9,15,23H,7-8,10-13H2/t15-/m1/s1. The first kappa shape index (κ1) is 18.1. The Bertz CT molecular complexity index is 693. The Labute approximate surface area is 151 Å².